The van der Waals surface area contributed by atoms with Gasteiger partial charge < -0.3 is 4.74 Å². The largest absolute Gasteiger partial charge is 0.476 e. The number of alkyl halides is 1. The van der Waals surface area contributed by atoms with E-state index in [9.17, 15) is 10.1 Å². The average Bonchev–Trinajstić information content (AvgIpc) is 2.26. The third-order valence-corrected chi connectivity index (χ3v) is 4.25. The highest BCUT2D eigenvalue weighted by atomic mass is 79.9. The standard InChI is InChI=1S/C11H16BrN3O3/c1-11(2,3)8(12)5-7-9(15(16)17)10(18-4)14-6-13-7/h6,8H,5H2,1-4H3. The number of ether oxygens (including phenoxy) is 1. The molecular weight excluding hydrogens is 302 g/mol. The normalized spacial score (nSPS) is 13.2. The lowest BCUT2D eigenvalue weighted by atomic mass is 9.89. The second-order valence-corrected chi connectivity index (χ2v) is 6.08. The second-order valence-electron chi connectivity index (χ2n) is 4.97. The Morgan fingerprint density at radius 1 is 1.50 bits per heavy atom. The third kappa shape index (κ3) is 3.38. The molecule has 1 atom stereocenters. The van der Waals surface area contributed by atoms with Crippen molar-refractivity contribution in [3.63, 3.8) is 0 Å². The molecule has 1 aromatic rings. The predicted octanol–water partition coefficient (Wildman–Crippen LogP) is 2.75. The van der Waals surface area contributed by atoms with Gasteiger partial charge in [0.15, 0.2) is 0 Å². The minimum Gasteiger partial charge on any atom is -0.476 e. The van der Waals surface area contributed by atoms with Crippen LogP contribution in [-0.2, 0) is 6.42 Å². The van der Waals surface area contributed by atoms with Crippen molar-refractivity contribution < 1.29 is 9.66 Å². The van der Waals surface area contributed by atoms with Crippen molar-refractivity contribution in [2.24, 2.45) is 5.41 Å². The number of nitro groups is 1. The predicted molar refractivity (Wildman–Crippen MR) is 71.1 cm³/mol. The minimum absolute atomic E-state index is 0.00129. The number of methoxy groups -OCH3 is 1. The highest BCUT2D eigenvalue weighted by molar-refractivity contribution is 9.09. The topological polar surface area (TPSA) is 78.2 Å². The van der Waals surface area contributed by atoms with E-state index in [1.807, 2.05) is 0 Å². The highest BCUT2D eigenvalue weighted by Gasteiger charge is 2.29. The fourth-order valence-corrected chi connectivity index (χ4v) is 1.66. The average molecular weight is 318 g/mol. The van der Waals surface area contributed by atoms with Gasteiger partial charge in [-0.25, -0.2) is 4.98 Å². The molecular formula is C11H16BrN3O3. The molecule has 1 unspecified atom stereocenters. The van der Waals surface area contributed by atoms with Crippen molar-refractivity contribution in [2.45, 2.75) is 32.0 Å². The summed E-state index contributed by atoms with van der Waals surface area (Å²) in [5, 5.41) is 11.1. The smallest absolute Gasteiger partial charge is 0.352 e. The Morgan fingerprint density at radius 2 is 2.11 bits per heavy atom. The van der Waals surface area contributed by atoms with Crippen LogP contribution in [0.2, 0.25) is 0 Å². The van der Waals surface area contributed by atoms with Crippen molar-refractivity contribution in [3.05, 3.63) is 22.1 Å². The van der Waals surface area contributed by atoms with Crippen LogP contribution < -0.4 is 4.74 Å². The van der Waals surface area contributed by atoms with Gasteiger partial charge in [-0.15, -0.1) is 0 Å². The molecule has 1 rings (SSSR count). The van der Waals surface area contributed by atoms with Crippen LogP contribution in [0.15, 0.2) is 6.33 Å². The molecule has 0 bridgehead atoms. The summed E-state index contributed by atoms with van der Waals surface area (Å²) in [5.41, 5.74) is 0.198. The van der Waals surface area contributed by atoms with E-state index >= 15 is 0 Å². The first-order chi connectivity index (χ1) is 8.27. The molecule has 0 aliphatic rings. The fourth-order valence-electron chi connectivity index (χ4n) is 1.35. The van der Waals surface area contributed by atoms with E-state index in [0.717, 1.165) is 0 Å². The summed E-state index contributed by atoms with van der Waals surface area (Å²) in [6, 6.07) is 0. The molecule has 1 aromatic heterocycles. The van der Waals surface area contributed by atoms with Crippen molar-refractivity contribution in [1.29, 1.82) is 0 Å². The molecule has 18 heavy (non-hydrogen) atoms. The summed E-state index contributed by atoms with van der Waals surface area (Å²) in [4.78, 5) is 18.4. The van der Waals surface area contributed by atoms with Crippen LogP contribution in [0.1, 0.15) is 26.5 Å². The Labute approximate surface area is 114 Å². The first kappa shape index (κ1) is 14.8. The lowest BCUT2D eigenvalue weighted by Crippen LogP contribution is -2.23. The summed E-state index contributed by atoms with van der Waals surface area (Å²) >= 11 is 3.54. The molecule has 100 valence electrons. The first-order valence-corrected chi connectivity index (χ1v) is 6.35. The van der Waals surface area contributed by atoms with Gasteiger partial charge in [-0.2, -0.15) is 4.98 Å². The van der Waals surface area contributed by atoms with Gasteiger partial charge in [0.25, 0.3) is 5.88 Å². The highest BCUT2D eigenvalue weighted by Crippen LogP contribution is 2.33. The number of hydrogen-bond acceptors (Lipinski definition) is 5. The fraction of sp³-hybridized carbons (Fsp3) is 0.636. The van der Waals surface area contributed by atoms with Gasteiger partial charge in [-0.05, 0) is 5.41 Å². The lowest BCUT2D eigenvalue weighted by molar-refractivity contribution is -0.387. The van der Waals surface area contributed by atoms with Crippen LogP contribution >= 0.6 is 15.9 Å². The molecule has 7 heteroatoms. The van der Waals surface area contributed by atoms with Crippen LogP contribution in [-0.4, -0.2) is 26.8 Å². The van der Waals surface area contributed by atoms with Gasteiger partial charge in [0.2, 0.25) is 0 Å². The number of aromatic nitrogens is 2. The molecule has 1 heterocycles. The van der Waals surface area contributed by atoms with Gasteiger partial charge in [0.05, 0.1) is 12.0 Å². The van der Waals surface area contributed by atoms with Crippen molar-refractivity contribution in [1.82, 2.24) is 9.97 Å². The Morgan fingerprint density at radius 3 is 2.56 bits per heavy atom. The molecule has 0 aromatic carbocycles. The molecule has 0 saturated heterocycles. The van der Waals surface area contributed by atoms with Crippen LogP contribution in [0.3, 0.4) is 0 Å². The summed E-state index contributed by atoms with van der Waals surface area (Å²) in [6.07, 6.45) is 1.72. The molecule has 6 nitrogen and oxygen atoms in total. The van der Waals surface area contributed by atoms with E-state index in [-0.39, 0.29) is 21.8 Å². The van der Waals surface area contributed by atoms with Crippen LogP contribution in [0, 0.1) is 15.5 Å². The van der Waals surface area contributed by atoms with E-state index in [1.165, 1.54) is 13.4 Å². The molecule has 0 saturated carbocycles. The molecule has 0 spiro atoms. The molecule has 0 amide bonds. The molecule has 0 N–H and O–H groups in total. The Balaban J connectivity index is 3.13. The third-order valence-electron chi connectivity index (χ3n) is 2.55. The summed E-state index contributed by atoms with van der Waals surface area (Å²) < 4.78 is 4.91. The summed E-state index contributed by atoms with van der Waals surface area (Å²) in [7, 11) is 1.36. The van der Waals surface area contributed by atoms with Gasteiger partial charge in [0, 0.05) is 11.2 Å². The number of nitrogens with zero attached hydrogens (tertiary/aromatic N) is 3. The molecule has 0 fully saturated rings. The summed E-state index contributed by atoms with van der Waals surface area (Å²) in [6.45, 7) is 6.16. The van der Waals surface area contributed by atoms with Crippen molar-refractivity contribution >= 4 is 21.6 Å². The van der Waals surface area contributed by atoms with Crippen LogP contribution in [0.25, 0.3) is 0 Å². The maximum Gasteiger partial charge on any atom is 0.352 e. The molecule has 0 radical (unpaired) electrons. The first-order valence-electron chi connectivity index (χ1n) is 5.43. The van der Waals surface area contributed by atoms with Gasteiger partial charge >= 0.3 is 5.69 Å². The minimum atomic E-state index is -0.503. The number of rotatable bonds is 4. The number of hydrogen-bond donors (Lipinski definition) is 0. The second kappa shape index (κ2) is 5.60. The molecule has 0 aliphatic heterocycles. The monoisotopic (exact) mass is 317 g/mol. The zero-order valence-corrected chi connectivity index (χ0v) is 12.4. The van der Waals surface area contributed by atoms with Gasteiger partial charge in [0.1, 0.15) is 12.0 Å². The Hall–Kier alpha value is -1.24. The van der Waals surface area contributed by atoms with E-state index in [2.05, 4.69) is 46.7 Å². The number of halogens is 1. The van der Waals surface area contributed by atoms with E-state index in [4.69, 9.17) is 4.74 Å². The Kier molecular flexibility index (Phi) is 4.61. The van der Waals surface area contributed by atoms with E-state index < -0.39 is 4.92 Å². The lowest BCUT2D eigenvalue weighted by Gasteiger charge is -2.25. The van der Waals surface area contributed by atoms with Crippen molar-refractivity contribution in [2.75, 3.05) is 7.11 Å². The quantitative estimate of drug-likeness (QED) is 0.484. The van der Waals surface area contributed by atoms with Gasteiger partial charge in [-0.3, -0.25) is 10.1 Å². The zero-order chi connectivity index (χ0) is 13.9. The summed E-state index contributed by atoms with van der Waals surface area (Å²) in [5.74, 6) is -0.00129. The maximum absolute atomic E-state index is 11.1. The van der Waals surface area contributed by atoms with Crippen molar-refractivity contribution in [3.8, 4) is 5.88 Å². The zero-order valence-electron chi connectivity index (χ0n) is 10.8. The maximum atomic E-state index is 11.1. The molecule has 0 aliphatic carbocycles. The van der Waals surface area contributed by atoms with E-state index in [1.54, 1.807) is 0 Å². The van der Waals surface area contributed by atoms with E-state index in [0.29, 0.717) is 12.1 Å². The van der Waals surface area contributed by atoms with Crippen LogP contribution in [0.5, 0.6) is 5.88 Å². The van der Waals surface area contributed by atoms with Gasteiger partial charge in [-0.1, -0.05) is 36.7 Å². The Bertz CT molecular complexity index is 446. The van der Waals surface area contributed by atoms with Crippen LogP contribution in [0.4, 0.5) is 5.69 Å². The SMILES string of the molecule is COc1ncnc(CC(Br)C(C)(C)C)c1[N+](=O)[O-].